The molecular formula is C42H32O6P2. The maximum absolute atomic E-state index is 6.53. The van der Waals surface area contributed by atoms with Gasteiger partial charge in [-0.2, -0.15) is 0 Å². The summed E-state index contributed by atoms with van der Waals surface area (Å²) in [5, 5.41) is 8.12. The highest BCUT2D eigenvalue weighted by Crippen LogP contribution is 2.48. The highest BCUT2D eigenvalue weighted by molar-refractivity contribution is 7.27. The Kier molecular flexibility index (Phi) is 8.96. The molecule has 50 heavy (non-hydrogen) atoms. The molecular weight excluding hydrogens is 662 g/mol. The highest BCUT2D eigenvalue weighted by Gasteiger charge is 2.20. The molecule has 0 aromatic heterocycles. The van der Waals surface area contributed by atoms with Crippen LogP contribution >= 0.6 is 18.1 Å². The molecule has 0 bridgehead atoms. The third kappa shape index (κ3) is 5.98. The van der Waals surface area contributed by atoms with Crippen LogP contribution in [0.1, 0.15) is 0 Å². The van der Waals surface area contributed by atoms with E-state index < -0.39 is 0 Å². The van der Waals surface area contributed by atoms with Gasteiger partial charge in [-0.25, -0.2) is 0 Å². The van der Waals surface area contributed by atoms with E-state index >= 15 is 0 Å². The van der Waals surface area contributed by atoms with E-state index in [1.165, 1.54) is 0 Å². The first kappa shape index (κ1) is 31.7. The fourth-order valence-electron chi connectivity index (χ4n) is 6.43. The molecule has 0 fully saturated rings. The second kappa shape index (κ2) is 14.1. The van der Waals surface area contributed by atoms with Crippen molar-refractivity contribution in [2.24, 2.45) is 0 Å². The molecule has 0 saturated carbocycles. The van der Waals surface area contributed by atoms with E-state index in [2.05, 4.69) is 36.4 Å². The van der Waals surface area contributed by atoms with Gasteiger partial charge in [-0.05, 0) is 57.9 Å². The lowest BCUT2D eigenvalue weighted by Crippen LogP contribution is -1.95. The summed E-state index contributed by atoms with van der Waals surface area (Å²) in [7, 11) is 2.73. The lowest BCUT2D eigenvalue weighted by molar-refractivity contribution is 0.419. The summed E-state index contributed by atoms with van der Waals surface area (Å²) in [4.78, 5) is 0. The fraction of sp³-hybridized carbons (Fsp3) is 0.0476. The Morgan fingerprint density at radius 3 is 1.00 bits per heavy atom. The third-order valence-electron chi connectivity index (χ3n) is 8.77. The predicted octanol–water partition coefficient (Wildman–Crippen LogP) is 11.9. The molecule has 0 amide bonds. The van der Waals surface area contributed by atoms with Crippen molar-refractivity contribution in [1.29, 1.82) is 0 Å². The molecule has 0 spiro atoms. The van der Waals surface area contributed by atoms with Crippen LogP contribution in [0.5, 0.6) is 34.5 Å². The van der Waals surface area contributed by atoms with Crippen LogP contribution in [0.2, 0.25) is 0 Å². The quantitative estimate of drug-likeness (QED) is 0.126. The van der Waals surface area contributed by atoms with Crippen LogP contribution in [-0.4, -0.2) is 14.2 Å². The number of rotatable bonds is 11. The molecule has 0 saturated heterocycles. The molecule has 0 aliphatic heterocycles. The van der Waals surface area contributed by atoms with Crippen LogP contribution in [0.4, 0.5) is 0 Å². The van der Waals surface area contributed by atoms with Gasteiger partial charge in [0.1, 0.15) is 34.5 Å². The van der Waals surface area contributed by atoms with Gasteiger partial charge >= 0.3 is 0 Å². The first-order valence-corrected chi connectivity index (χ1v) is 17.7. The molecule has 2 unspecified atom stereocenters. The van der Waals surface area contributed by atoms with Crippen molar-refractivity contribution in [3.05, 3.63) is 146 Å². The highest BCUT2D eigenvalue weighted by atomic mass is 31.1. The van der Waals surface area contributed by atoms with Crippen molar-refractivity contribution in [2.45, 2.75) is 0 Å². The summed E-state index contributed by atoms with van der Waals surface area (Å²) >= 11 is 0. The fourth-order valence-corrected chi connectivity index (χ4v) is 7.57. The first-order valence-electron chi connectivity index (χ1n) is 16.1. The van der Waals surface area contributed by atoms with E-state index in [0.717, 1.165) is 77.2 Å². The minimum Gasteiger partial charge on any atom is -0.496 e. The molecule has 8 heteroatoms. The zero-order valence-electron chi connectivity index (χ0n) is 27.3. The average molecular weight is 695 g/mol. The van der Waals surface area contributed by atoms with E-state index in [1.54, 1.807) is 14.2 Å². The van der Waals surface area contributed by atoms with Crippen molar-refractivity contribution in [3.8, 4) is 45.6 Å². The summed E-state index contributed by atoms with van der Waals surface area (Å²) < 4.78 is 36.8. The zero-order chi connectivity index (χ0) is 33.9. The summed E-state index contributed by atoms with van der Waals surface area (Å²) in [6.07, 6.45) is 0. The monoisotopic (exact) mass is 694 g/mol. The maximum Gasteiger partial charge on any atom is 0.275 e. The first-order chi connectivity index (χ1) is 24.7. The van der Waals surface area contributed by atoms with Crippen LogP contribution < -0.4 is 27.6 Å². The smallest absolute Gasteiger partial charge is 0.275 e. The molecule has 0 aliphatic carbocycles. The Hall–Kier alpha value is -5.54. The number of hydrogen-bond acceptors (Lipinski definition) is 6. The standard InChI is InChI=1S/C42H32O6P2/c1-43-35-23-25-37(33-17-9-7-15-31(33)35)45-49-47-39-21-19-27-11-3-5-13-29(27)41(39)42-30-14-6-4-12-28(30)20-22-40(42)48-50-46-38-26-24-36(44-2)32-16-8-10-18-34(32)38/h3-26,49-50H,1-2H3. The second-order valence-corrected chi connectivity index (χ2v) is 12.7. The molecule has 2 atom stereocenters. The van der Waals surface area contributed by atoms with Gasteiger partial charge in [-0.15, -0.1) is 0 Å². The predicted molar refractivity (Wildman–Crippen MR) is 207 cm³/mol. The van der Waals surface area contributed by atoms with Crippen molar-refractivity contribution in [3.63, 3.8) is 0 Å². The van der Waals surface area contributed by atoms with Gasteiger partial charge < -0.3 is 27.6 Å². The summed E-state index contributed by atoms with van der Waals surface area (Å²) in [6, 6.07) is 48.5. The Bertz CT molecular complexity index is 2320. The third-order valence-corrected chi connectivity index (χ3v) is 9.98. The Balaban J connectivity index is 1.16. The molecule has 246 valence electrons. The van der Waals surface area contributed by atoms with Gasteiger partial charge in [0.2, 0.25) is 0 Å². The number of methoxy groups -OCH3 is 2. The summed E-state index contributed by atoms with van der Waals surface area (Å²) in [5.41, 5.74) is 1.84. The molecule has 0 aliphatic rings. The topological polar surface area (TPSA) is 55.4 Å². The average Bonchev–Trinajstić information content (AvgIpc) is 3.18. The van der Waals surface area contributed by atoms with E-state index in [4.69, 9.17) is 27.6 Å². The van der Waals surface area contributed by atoms with E-state index in [-0.39, 0.29) is 18.1 Å². The van der Waals surface area contributed by atoms with E-state index in [9.17, 15) is 0 Å². The van der Waals surface area contributed by atoms with Gasteiger partial charge in [0.15, 0.2) is 0 Å². The molecule has 0 heterocycles. The van der Waals surface area contributed by atoms with Gasteiger partial charge in [0, 0.05) is 32.7 Å². The van der Waals surface area contributed by atoms with Gasteiger partial charge in [-0.3, -0.25) is 0 Å². The maximum atomic E-state index is 6.53. The molecule has 6 nitrogen and oxygen atoms in total. The normalized spacial score (nSPS) is 11.6. The number of fused-ring (bicyclic) bond motifs is 4. The Labute approximate surface area is 293 Å². The summed E-state index contributed by atoms with van der Waals surface area (Å²) in [6.45, 7) is 0. The largest absolute Gasteiger partial charge is 0.496 e. The van der Waals surface area contributed by atoms with Gasteiger partial charge in [0.05, 0.1) is 14.2 Å². The molecule has 8 aromatic rings. The van der Waals surface area contributed by atoms with Crippen LogP contribution in [-0.2, 0) is 0 Å². The van der Waals surface area contributed by atoms with E-state index in [1.807, 2.05) is 109 Å². The number of benzene rings is 8. The van der Waals surface area contributed by atoms with Crippen molar-refractivity contribution >= 4 is 61.2 Å². The van der Waals surface area contributed by atoms with Crippen molar-refractivity contribution in [2.75, 3.05) is 14.2 Å². The van der Waals surface area contributed by atoms with Crippen LogP contribution in [0.3, 0.4) is 0 Å². The summed E-state index contributed by atoms with van der Waals surface area (Å²) in [5.74, 6) is 4.41. The number of hydrogen-bond donors (Lipinski definition) is 0. The number of ether oxygens (including phenoxy) is 2. The molecule has 0 radical (unpaired) electrons. The van der Waals surface area contributed by atoms with Crippen LogP contribution in [0.25, 0.3) is 54.2 Å². The van der Waals surface area contributed by atoms with E-state index in [0.29, 0.717) is 11.5 Å². The van der Waals surface area contributed by atoms with Crippen LogP contribution in [0, 0.1) is 0 Å². The minimum absolute atomic E-state index is 0.310. The van der Waals surface area contributed by atoms with Crippen LogP contribution in [0.15, 0.2) is 146 Å². The van der Waals surface area contributed by atoms with Crippen molar-refractivity contribution in [1.82, 2.24) is 0 Å². The molecule has 8 aromatic carbocycles. The molecule has 0 N–H and O–H groups in total. The van der Waals surface area contributed by atoms with Gasteiger partial charge in [-0.1, -0.05) is 109 Å². The SMILES string of the molecule is COc1ccc(OPOc2ccc3ccccc3c2-c2c(OPOc3ccc(OC)c4ccccc34)ccc3ccccc23)c2ccccc12. The molecule has 8 rings (SSSR count). The van der Waals surface area contributed by atoms with Crippen molar-refractivity contribution < 1.29 is 27.6 Å². The van der Waals surface area contributed by atoms with Gasteiger partial charge in [0.25, 0.3) is 18.1 Å². The lowest BCUT2D eigenvalue weighted by Gasteiger charge is -2.19. The minimum atomic E-state index is -0.310. The zero-order valence-corrected chi connectivity index (χ0v) is 29.3. The second-order valence-electron chi connectivity index (χ2n) is 11.5. The Morgan fingerprint density at radius 1 is 0.300 bits per heavy atom. The Morgan fingerprint density at radius 2 is 0.600 bits per heavy atom. The lowest BCUT2D eigenvalue weighted by atomic mass is 9.92.